The van der Waals surface area contributed by atoms with Gasteiger partial charge in [0.1, 0.15) is 0 Å². The molecule has 8 heteroatoms. The Balaban J connectivity index is 2.35. The van der Waals surface area contributed by atoms with E-state index in [9.17, 15) is 19.7 Å². The van der Waals surface area contributed by atoms with Gasteiger partial charge in [0.15, 0.2) is 5.78 Å². The minimum Gasteiger partial charge on any atom is -0.419 e. The quantitative estimate of drug-likeness (QED) is 0.281. The summed E-state index contributed by atoms with van der Waals surface area (Å²) < 4.78 is 4.89. The molecule has 2 aromatic rings. The average Bonchev–Trinajstić information content (AvgIpc) is 2.54. The van der Waals surface area contributed by atoms with Crippen LogP contribution in [-0.4, -0.2) is 27.7 Å². The van der Waals surface area contributed by atoms with Gasteiger partial charge < -0.3 is 10.5 Å². The van der Waals surface area contributed by atoms with Crippen LogP contribution in [0.3, 0.4) is 0 Å². The van der Waals surface area contributed by atoms with Gasteiger partial charge in [-0.1, -0.05) is 12.1 Å². The van der Waals surface area contributed by atoms with E-state index in [1.165, 1.54) is 12.1 Å². The van der Waals surface area contributed by atoms with Gasteiger partial charge in [-0.3, -0.25) is 24.7 Å². The van der Waals surface area contributed by atoms with Crippen molar-refractivity contribution in [3.05, 3.63) is 64.0 Å². The molecule has 1 heterocycles. The van der Waals surface area contributed by atoms with E-state index in [2.05, 4.69) is 4.98 Å². The first-order chi connectivity index (χ1) is 11.4. The highest BCUT2D eigenvalue weighted by molar-refractivity contribution is 6.04. The van der Waals surface area contributed by atoms with Crippen LogP contribution in [0.5, 0.6) is 5.75 Å². The number of nitrogens with zero attached hydrogens (tertiary/aromatic N) is 2. The van der Waals surface area contributed by atoms with E-state index in [-0.39, 0.29) is 17.7 Å². The minimum atomic E-state index is -0.953. The first kappa shape index (κ1) is 17.2. The highest BCUT2D eigenvalue weighted by Gasteiger charge is 2.27. The monoisotopic (exact) mass is 329 g/mol. The van der Waals surface area contributed by atoms with Gasteiger partial charge in [-0.25, -0.2) is 0 Å². The third kappa shape index (κ3) is 3.99. The second kappa shape index (κ2) is 7.42. The Bertz CT molecular complexity index is 777. The topological polar surface area (TPSA) is 125 Å². The molecule has 0 saturated carbocycles. The average molecular weight is 329 g/mol. The van der Waals surface area contributed by atoms with Crippen LogP contribution in [0.25, 0.3) is 0 Å². The Morgan fingerprint density at radius 3 is 2.67 bits per heavy atom. The van der Waals surface area contributed by atoms with E-state index in [0.29, 0.717) is 0 Å². The molecule has 0 spiro atoms. The van der Waals surface area contributed by atoms with Crippen molar-refractivity contribution in [2.45, 2.75) is 19.4 Å². The Labute approximate surface area is 137 Å². The fraction of sp³-hybridized carbons (Fsp3) is 0.188. The summed E-state index contributed by atoms with van der Waals surface area (Å²) in [5.74, 6) is -1.71. The zero-order valence-electron chi connectivity index (χ0n) is 12.8. The first-order valence-electron chi connectivity index (χ1n) is 7.04. The van der Waals surface area contributed by atoms with E-state index < -0.39 is 28.4 Å². The van der Waals surface area contributed by atoms with E-state index in [0.717, 1.165) is 18.6 Å². The lowest BCUT2D eigenvalue weighted by Crippen LogP contribution is -2.33. The van der Waals surface area contributed by atoms with Crippen molar-refractivity contribution in [2.24, 2.45) is 5.73 Å². The number of ether oxygens (including phenoxy) is 1. The fourth-order valence-corrected chi connectivity index (χ4v) is 2.18. The number of esters is 1. The summed E-state index contributed by atoms with van der Waals surface area (Å²) in [5, 5.41) is 11.1. The highest BCUT2D eigenvalue weighted by Crippen LogP contribution is 2.32. The van der Waals surface area contributed by atoms with Gasteiger partial charge in [0.05, 0.1) is 16.5 Å². The molecule has 1 unspecified atom stereocenters. The molecule has 124 valence electrons. The maximum Gasteiger partial charge on any atom is 0.312 e. The molecule has 2 rings (SSSR count). The molecular formula is C16H15N3O5. The Hall–Kier alpha value is -3.13. The summed E-state index contributed by atoms with van der Waals surface area (Å²) >= 11 is 0. The lowest BCUT2D eigenvalue weighted by Gasteiger charge is -2.13. The number of nitro benzene ring substituents is 1. The van der Waals surface area contributed by atoms with Crippen LogP contribution >= 0.6 is 0 Å². The molecule has 0 amide bonds. The van der Waals surface area contributed by atoms with Crippen molar-refractivity contribution < 1.29 is 19.2 Å². The SMILES string of the molecule is CC(=O)Oc1c(C(=O)C(N)Cc2cccnc2)cccc1[N+](=O)[O-]. The Morgan fingerprint density at radius 2 is 2.08 bits per heavy atom. The Morgan fingerprint density at radius 1 is 1.33 bits per heavy atom. The van der Waals surface area contributed by atoms with E-state index in [1.54, 1.807) is 24.5 Å². The van der Waals surface area contributed by atoms with Crippen molar-refractivity contribution in [2.75, 3.05) is 0 Å². The number of Topliss-reactive ketones (excluding diaryl/α,β-unsaturated/α-hetero) is 1. The number of hydrogen-bond acceptors (Lipinski definition) is 7. The van der Waals surface area contributed by atoms with Crippen LogP contribution in [0.15, 0.2) is 42.7 Å². The smallest absolute Gasteiger partial charge is 0.312 e. The zero-order valence-corrected chi connectivity index (χ0v) is 12.8. The predicted molar refractivity (Wildman–Crippen MR) is 84.7 cm³/mol. The maximum absolute atomic E-state index is 12.6. The molecule has 2 N–H and O–H groups in total. The number of carbonyl (C=O) groups excluding carboxylic acids is 2. The molecule has 0 bridgehead atoms. The molecule has 24 heavy (non-hydrogen) atoms. The number of nitro groups is 1. The molecule has 0 aliphatic heterocycles. The molecule has 1 atom stereocenters. The van der Waals surface area contributed by atoms with Crippen molar-refractivity contribution in [1.82, 2.24) is 4.98 Å². The normalized spacial score (nSPS) is 11.6. The van der Waals surface area contributed by atoms with Crippen molar-refractivity contribution in [3.8, 4) is 5.75 Å². The molecule has 0 aliphatic rings. The van der Waals surface area contributed by atoms with Crippen molar-refractivity contribution in [1.29, 1.82) is 0 Å². The summed E-state index contributed by atoms with van der Waals surface area (Å²) in [7, 11) is 0. The lowest BCUT2D eigenvalue weighted by molar-refractivity contribution is -0.385. The lowest BCUT2D eigenvalue weighted by atomic mass is 9.98. The van der Waals surface area contributed by atoms with Crippen molar-refractivity contribution in [3.63, 3.8) is 0 Å². The highest BCUT2D eigenvalue weighted by atomic mass is 16.6. The van der Waals surface area contributed by atoms with Gasteiger partial charge in [0.25, 0.3) is 0 Å². The van der Waals surface area contributed by atoms with E-state index >= 15 is 0 Å². The van der Waals surface area contributed by atoms with Gasteiger partial charge in [-0.15, -0.1) is 0 Å². The second-order valence-corrected chi connectivity index (χ2v) is 5.04. The number of carbonyl (C=O) groups is 2. The van der Waals surface area contributed by atoms with Crippen LogP contribution in [0.4, 0.5) is 5.69 Å². The molecule has 0 saturated heterocycles. The number of nitrogens with two attached hydrogens (primary N) is 1. The van der Waals surface area contributed by atoms with E-state index in [4.69, 9.17) is 10.5 Å². The molecule has 1 aromatic heterocycles. The van der Waals surface area contributed by atoms with Crippen LogP contribution in [-0.2, 0) is 11.2 Å². The van der Waals surface area contributed by atoms with Crippen LogP contribution in [0.2, 0.25) is 0 Å². The number of benzene rings is 1. The largest absolute Gasteiger partial charge is 0.419 e. The molecule has 0 radical (unpaired) electrons. The summed E-state index contributed by atoms with van der Waals surface area (Å²) in [6.45, 7) is 1.10. The Kier molecular flexibility index (Phi) is 5.33. The van der Waals surface area contributed by atoms with Gasteiger partial charge in [-0.05, 0) is 24.1 Å². The number of aromatic nitrogens is 1. The van der Waals surface area contributed by atoms with Crippen LogP contribution < -0.4 is 10.5 Å². The van der Waals surface area contributed by atoms with E-state index in [1.807, 2.05) is 0 Å². The number of ketones is 1. The fourth-order valence-electron chi connectivity index (χ4n) is 2.18. The predicted octanol–water partition coefficient (Wildman–Crippen LogP) is 1.67. The summed E-state index contributed by atoms with van der Waals surface area (Å²) in [6.07, 6.45) is 3.37. The summed E-state index contributed by atoms with van der Waals surface area (Å²) in [5.41, 5.74) is 6.10. The standard InChI is InChI=1S/C16H15N3O5/c1-10(20)24-16-12(5-2-6-14(16)19(22)23)15(21)13(17)8-11-4-3-7-18-9-11/h2-7,9,13H,8,17H2,1H3. The number of pyridine rings is 1. The number of para-hydroxylation sites is 1. The van der Waals surface area contributed by atoms with Gasteiger partial charge in [0, 0.05) is 25.4 Å². The molecule has 8 nitrogen and oxygen atoms in total. The third-order valence-corrected chi connectivity index (χ3v) is 3.22. The van der Waals surface area contributed by atoms with Gasteiger partial charge in [-0.2, -0.15) is 0 Å². The van der Waals surface area contributed by atoms with Crippen LogP contribution in [0, 0.1) is 10.1 Å². The molecule has 0 aliphatic carbocycles. The molecule has 0 fully saturated rings. The number of hydrogen-bond donors (Lipinski definition) is 1. The zero-order chi connectivity index (χ0) is 17.7. The maximum atomic E-state index is 12.6. The summed E-state index contributed by atoms with van der Waals surface area (Å²) in [6, 6.07) is 6.36. The van der Waals surface area contributed by atoms with Gasteiger partial charge >= 0.3 is 11.7 Å². The number of rotatable bonds is 6. The molecule has 1 aromatic carbocycles. The molecular weight excluding hydrogens is 314 g/mol. The summed E-state index contributed by atoms with van der Waals surface area (Å²) in [4.78, 5) is 38.1. The van der Waals surface area contributed by atoms with Crippen molar-refractivity contribution >= 4 is 17.4 Å². The minimum absolute atomic E-state index is 0.101. The first-order valence-corrected chi connectivity index (χ1v) is 7.04. The third-order valence-electron chi connectivity index (χ3n) is 3.22. The van der Waals surface area contributed by atoms with Crippen LogP contribution in [0.1, 0.15) is 22.8 Å². The van der Waals surface area contributed by atoms with Gasteiger partial charge in [0.2, 0.25) is 5.75 Å². The second-order valence-electron chi connectivity index (χ2n) is 5.04.